The third kappa shape index (κ3) is 2.88. The number of benzene rings is 1. The lowest BCUT2D eigenvalue weighted by Gasteiger charge is -2.09. The molecule has 0 amide bonds. The first-order valence-electron chi connectivity index (χ1n) is 5.28. The number of hydrogen-bond acceptors (Lipinski definition) is 4. The van der Waals surface area contributed by atoms with Crippen LogP contribution in [0.5, 0.6) is 0 Å². The van der Waals surface area contributed by atoms with Crippen LogP contribution in [0.15, 0.2) is 22.7 Å². The summed E-state index contributed by atoms with van der Waals surface area (Å²) >= 11 is 10.1. The second kappa shape index (κ2) is 5.34. The summed E-state index contributed by atoms with van der Waals surface area (Å²) in [6, 6.07) is 5.78. The Morgan fingerprint density at radius 1 is 1.44 bits per heavy atom. The predicted octanol–water partition coefficient (Wildman–Crippen LogP) is 3.90. The van der Waals surface area contributed by atoms with Gasteiger partial charge in [0.15, 0.2) is 5.13 Å². The summed E-state index contributed by atoms with van der Waals surface area (Å²) in [4.78, 5) is 6.01. The molecule has 0 aliphatic heterocycles. The fourth-order valence-electron chi connectivity index (χ4n) is 1.47. The number of rotatable bonds is 3. The van der Waals surface area contributed by atoms with Crippen LogP contribution in [0, 0.1) is 13.8 Å². The van der Waals surface area contributed by atoms with Crippen LogP contribution in [-0.4, -0.2) is 9.97 Å². The summed E-state index contributed by atoms with van der Waals surface area (Å²) in [7, 11) is 0. The molecule has 2 aromatic rings. The molecule has 3 N–H and O–H groups in total. The molecule has 3 nitrogen and oxygen atoms in total. The fraction of sp³-hybridized carbons (Fsp3) is 0.167. The van der Waals surface area contributed by atoms with Crippen molar-refractivity contribution in [1.82, 2.24) is 4.98 Å². The Kier molecular flexibility index (Phi) is 3.99. The molecule has 0 spiro atoms. The molecule has 1 heterocycles. The summed E-state index contributed by atoms with van der Waals surface area (Å²) in [5, 5.41) is 4.11. The molecular formula is C12H12BrN3S2. The number of aromatic nitrogens is 1. The van der Waals surface area contributed by atoms with E-state index < -0.39 is 0 Å². The van der Waals surface area contributed by atoms with Gasteiger partial charge in [-0.05, 0) is 32.0 Å². The SMILES string of the molecule is Cc1nc(Nc2ccc(Br)cc2C(N)=S)sc1C. The van der Waals surface area contributed by atoms with E-state index in [2.05, 4.69) is 26.2 Å². The van der Waals surface area contributed by atoms with Crippen molar-refractivity contribution in [3.05, 3.63) is 38.8 Å². The van der Waals surface area contributed by atoms with Crippen molar-refractivity contribution in [3.8, 4) is 0 Å². The fourth-order valence-corrected chi connectivity index (χ4v) is 2.83. The summed E-state index contributed by atoms with van der Waals surface area (Å²) < 4.78 is 0.947. The van der Waals surface area contributed by atoms with Gasteiger partial charge in [-0.25, -0.2) is 4.98 Å². The third-order valence-corrected chi connectivity index (χ3v) is 4.22. The number of nitrogens with one attached hydrogen (secondary N) is 1. The highest BCUT2D eigenvalue weighted by molar-refractivity contribution is 9.10. The lowest BCUT2D eigenvalue weighted by atomic mass is 10.2. The molecule has 0 fully saturated rings. The molecular weight excluding hydrogens is 330 g/mol. The summed E-state index contributed by atoms with van der Waals surface area (Å²) in [6.07, 6.45) is 0. The Labute approximate surface area is 124 Å². The highest BCUT2D eigenvalue weighted by atomic mass is 79.9. The number of thiazole rings is 1. The summed E-state index contributed by atoms with van der Waals surface area (Å²) in [5.41, 5.74) is 8.45. The Balaban J connectivity index is 2.36. The number of nitrogens with two attached hydrogens (primary N) is 1. The number of thiocarbonyl (C=S) groups is 1. The molecule has 94 valence electrons. The lowest BCUT2D eigenvalue weighted by Crippen LogP contribution is -2.11. The molecule has 0 aliphatic carbocycles. The maximum absolute atomic E-state index is 5.73. The van der Waals surface area contributed by atoms with Crippen molar-refractivity contribution < 1.29 is 0 Å². The van der Waals surface area contributed by atoms with Gasteiger partial charge < -0.3 is 11.1 Å². The van der Waals surface area contributed by atoms with E-state index in [1.165, 1.54) is 4.88 Å². The number of hydrogen-bond donors (Lipinski definition) is 2. The standard InChI is InChI=1S/C12H12BrN3S2/c1-6-7(2)18-12(15-6)16-10-4-3-8(13)5-9(10)11(14)17/h3-5H,1-2H3,(H2,14,17)(H,15,16). The zero-order valence-electron chi connectivity index (χ0n) is 9.95. The average Bonchev–Trinajstić information content (AvgIpc) is 2.60. The molecule has 0 radical (unpaired) electrons. The van der Waals surface area contributed by atoms with E-state index in [0.717, 1.165) is 26.5 Å². The van der Waals surface area contributed by atoms with Crippen molar-refractivity contribution in [3.63, 3.8) is 0 Å². The summed E-state index contributed by atoms with van der Waals surface area (Å²) in [6.45, 7) is 4.04. The highest BCUT2D eigenvalue weighted by Crippen LogP contribution is 2.28. The van der Waals surface area contributed by atoms with E-state index in [-0.39, 0.29) is 0 Å². The third-order valence-electron chi connectivity index (χ3n) is 2.52. The summed E-state index contributed by atoms with van der Waals surface area (Å²) in [5.74, 6) is 0. The zero-order valence-corrected chi connectivity index (χ0v) is 13.2. The van der Waals surface area contributed by atoms with Gasteiger partial charge in [-0.2, -0.15) is 0 Å². The van der Waals surface area contributed by atoms with Crippen LogP contribution in [0.2, 0.25) is 0 Å². The van der Waals surface area contributed by atoms with Crippen LogP contribution < -0.4 is 11.1 Å². The van der Waals surface area contributed by atoms with E-state index in [1.807, 2.05) is 32.0 Å². The molecule has 0 atom stereocenters. The van der Waals surface area contributed by atoms with Gasteiger partial charge in [0.1, 0.15) is 4.99 Å². The average molecular weight is 342 g/mol. The lowest BCUT2D eigenvalue weighted by molar-refractivity contribution is 1.23. The van der Waals surface area contributed by atoms with Crippen molar-refractivity contribution >= 4 is 55.3 Å². The Morgan fingerprint density at radius 3 is 2.72 bits per heavy atom. The maximum atomic E-state index is 5.73. The second-order valence-corrected chi connectivity index (χ2v) is 6.40. The predicted molar refractivity (Wildman–Crippen MR) is 84.9 cm³/mol. The van der Waals surface area contributed by atoms with E-state index in [9.17, 15) is 0 Å². The highest BCUT2D eigenvalue weighted by Gasteiger charge is 2.09. The second-order valence-electron chi connectivity index (χ2n) is 3.84. The maximum Gasteiger partial charge on any atom is 0.187 e. The van der Waals surface area contributed by atoms with Gasteiger partial charge in [0.25, 0.3) is 0 Å². The monoisotopic (exact) mass is 341 g/mol. The van der Waals surface area contributed by atoms with Crippen molar-refractivity contribution in [2.75, 3.05) is 5.32 Å². The molecule has 1 aromatic heterocycles. The van der Waals surface area contributed by atoms with Crippen molar-refractivity contribution in [1.29, 1.82) is 0 Å². The molecule has 2 rings (SSSR count). The van der Waals surface area contributed by atoms with Crippen LogP contribution in [0.3, 0.4) is 0 Å². The molecule has 6 heteroatoms. The minimum Gasteiger partial charge on any atom is -0.389 e. The van der Waals surface area contributed by atoms with E-state index in [0.29, 0.717) is 4.99 Å². The molecule has 0 unspecified atom stereocenters. The molecule has 0 saturated heterocycles. The van der Waals surface area contributed by atoms with Gasteiger partial charge in [0, 0.05) is 14.9 Å². The number of aryl methyl sites for hydroxylation is 2. The van der Waals surface area contributed by atoms with Gasteiger partial charge in [0.05, 0.1) is 11.4 Å². The molecule has 0 aliphatic rings. The Hall–Kier alpha value is -0.980. The first kappa shape index (κ1) is 13.5. The van der Waals surface area contributed by atoms with Crippen LogP contribution in [0.25, 0.3) is 0 Å². The van der Waals surface area contributed by atoms with E-state index >= 15 is 0 Å². The zero-order chi connectivity index (χ0) is 13.3. The molecule has 0 saturated carbocycles. The van der Waals surface area contributed by atoms with E-state index in [4.69, 9.17) is 18.0 Å². The number of nitrogens with zero attached hydrogens (tertiary/aromatic N) is 1. The van der Waals surface area contributed by atoms with Crippen LogP contribution in [0.1, 0.15) is 16.1 Å². The Morgan fingerprint density at radius 2 is 2.17 bits per heavy atom. The minimum absolute atomic E-state index is 0.365. The van der Waals surface area contributed by atoms with Crippen LogP contribution in [0.4, 0.5) is 10.8 Å². The van der Waals surface area contributed by atoms with Gasteiger partial charge in [0.2, 0.25) is 0 Å². The molecule has 0 bridgehead atoms. The first-order valence-corrected chi connectivity index (χ1v) is 7.29. The quantitative estimate of drug-likeness (QED) is 0.831. The molecule has 1 aromatic carbocycles. The van der Waals surface area contributed by atoms with Gasteiger partial charge in [-0.1, -0.05) is 28.1 Å². The largest absolute Gasteiger partial charge is 0.389 e. The van der Waals surface area contributed by atoms with Gasteiger partial charge in [-0.15, -0.1) is 11.3 Å². The van der Waals surface area contributed by atoms with E-state index in [1.54, 1.807) is 11.3 Å². The molecule has 18 heavy (non-hydrogen) atoms. The van der Waals surface area contributed by atoms with Crippen molar-refractivity contribution in [2.24, 2.45) is 5.73 Å². The number of halogens is 1. The number of anilines is 2. The topological polar surface area (TPSA) is 50.9 Å². The smallest absolute Gasteiger partial charge is 0.187 e. The minimum atomic E-state index is 0.365. The Bertz CT molecular complexity index is 588. The van der Waals surface area contributed by atoms with Crippen LogP contribution >= 0.6 is 39.5 Å². The van der Waals surface area contributed by atoms with Crippen molar-refractivity contribution in [2.45, 2.75) is 13.8 Å². The van der Waals surface area contributed by atoms with Gasteiger partial charge >= 0.3 is 0 Å². The first-order chi connectivity index (χ1) is 8.47. The normalized spacial score (nSPS) is 10.4. The van der Waals surface area contributed by atoms with Gasteiger partial charge in [-0.3, -0.25) is 0 Å². The van der Waals surface area contributed by atoms with Crippen LogP contribution in [-0.2, 0) is 0 Å².